The third-order valence-corrected chi connectivity index (χ3v) is 9.02. The van der Waals surface area contributed by atoms with Crippen LogP contribution in [0.25, 0.3) is 0 Å². The molecule has 1 aromatic carbocycles. The van der Waals surface area contributed by atoms with E-state index in [9.17, 15) is 0 Å². The van der Waals surface area contributed by atoms with Crippen molar-refractivity contribution in [2.45, 2.75) is 84.2 Å². The SMILES string of the molecule is COc1cc2c(cc1O[Si](C)(C)C)CCC1C2CC[C@]2(C)C(O[Si](C)(C)C)=CCC12. The van der Waals surface area contributed by atoms with Gasteiger partial charge in [-0.1, -0.05) is 6.92 Å². The zero-order valence-electron chi connectivity index (χ0n) is 20.2. The number of hydrogen-bond acceptors (Lipinski definition) is 3. The van der Waals surface area contributed by atoms with E-state index in [1.807, 2.05) is 0 Å². The second-order valence-electron chi connectivity index (χ2n) is 11.8. The first-order valence-corrected chi connectivity index (χ1v) is 18.5. The predicted octanol–water partition coefficient (Wildman–Crippen LogP) is 7.11. The lowest BCUT2D eigenvalue weighted by Gasteiger charge is -2.50. The van der Waals surface area contributed by atoms with E-state index in [-0.39, 0.29) is 5.41 Å². The molecule has 1 fully saturated rings. The Labute approximate surface area is 185 Å². The zero-order valence-corrected chi connectivity index (χ0v) is 22.2. The van der Waals surface area contributed by atoms with Crippen molar-refractivity contribution in [2.24, 2.45) is 17.3 Å². The molecule has 1 aromatic rings. The van der Waals surface area contributed by atoms with Crippen LogP contribution in [0.5, 0.6) is 11.5 Å². The van der Waals surface area contributed by atoms with Crippen LogP contribution in [-0.2, 0) is 10.8 Å². The van der Waals surface area contributed by atoms with Crippen molar-refractivity contribution in [3.8, 4) is 11.5 Å². The molecule has 3 unspecified atom stereocenters. The van der Waals surface area contributed by atoms with E-state index >= 15 is 0 Å². The van der Waals surface area contributed by atoms with Crippen LogP contribution in [0.1, 0.15) is 49.7 Å². The van der Waals surface area contributed by atoms with E-state index in [4.69, 9.17) is 13.6 Å². The van der Waals surface area contributed by atoms with Gasteiger partial charge in [0.1, 0.15) is 5.75 Å². The smallest absolute Gasteiger partial charge is 0.242 e. The van der Waals surface area contributed by atoms with Crippen LogP contribution in [0, 0.1) is 17.3 Å². The number of allylic oxidation sites excluding steroid dienone is 2. The molecule has 1 saturated carbocycles. The summed E-state index contributed by atoms with van der Waals surface area (Å²) in [5.41, 5.74) is 3.23. The summed E-state index contributed by atoms with van der Waals surface area (Å²) < 4.78 is 18.7. The van der Waals surface area contributed by atoms with Crippen molar-refractivity contribution < 1.29 is 13.6 Å². The maximum absolute atomic E-state index is 6.59. The maximum atomic E-state index is 6.59. The Morgan fingerprint density at radius 1 is 0.933 bits per heavy atom. The summed E-state index contributed by atoms with van der Waals surface area (Å²) in [5.74, 6) is 5.26. The second kappa shape index (κ2) is 7.44. The molecule has 166 valence electrons. The van der Waals surface area contributed by atoms with Crippen molar-refractivity contribution in [3.05, 3.63) is 35.1 Å². The molecule has 0 saturated heterocycles. The topological polar surface area (TPSA) is 27.7 Å². The van der Waals surface area contributed by atoms with Crippen LogP contribution in [0.2, 0.25) is 39.3 Å². The van der Waals surface area contributed by atoms with E-state index in [1.54, 1.807) is 7.11 Å². The molecule has 0 aliphatic heterocycles. The van der Waals surface area contributed by atoms with E-state index in [0.29, 0.717) is 11.8 Å². The zero-order chi connectivity index (χ0) is 21.9. The van der Waals surface area contributed by atoms with Gasteiger partial charge in [-0.15, -0.1) is 0 Å². The molecule has 5 heteroatoms. The highest BCUT2D eigenvalue weighted by Gasteiger charge is 2.53. The third kappa shape index (κ3) is 4.00. The highest BCUT2D eigenvalue weighted by Crippen LogP contribution is 2.62. The molecule has 0 N–H and O–H groups in total. The number of ether oxygens (including phenoxy) is 1. The summed E-state index contributed by atoms with van der Waals surface area (Å²) >= 11 is 0. The fraction of sp³-hybridized carbons (Fsp3) is 0.680. The first-order valence-electron chi connectivity index (χ1n) is 11.7. The van der Waals surface area contributed by atoms with Gasteiger partial charge >= 0.3 is 0 Å². The van der Waals surface area contributed by atoms with Gasteiger partial charge in [0.2, 0.25) is 16.6 Å². The van der Waals surface area contributed by atoms with Crippen molar-refractivity contribution in [1.82, 2.24) is 0 Å². The molecule has 4 atom stereocenters. The van der Waals surface area contributed by atoms with E-state index in [2.05, 4.69) is 64.4 Å². The summed E-state index contributed by atoms with van der Waals surface area (Å²) in [6, 6.07) is 4.61. The lowest BCUT2D eigenvalue weighted by molar-refractivity contribution is 0.0505. The number of hydrogen-bond donors (Lipinski definition) is 0. The molecular formula is C25H40O3Si2. The summed E-state index contributed by atoms with van der Waals surface area (Å²) in [6.45, 7) is 16.1. The van der Waals surface area contributed by atoms with Crippen LogP contribution in [0.3, 0.4) is 0 Å². The van der Waals surface area contributed by atoms with Crippen LogP contribution in [0.15, 0.2) is 24.0 Å². The van der Waals surface area contributed by atoms with Gasteiger partial charge in [-0.2, -0.15) is 0 Å². The Morgan fingerprint density at radius 2 is 1.63 bits per heavy atom. The first-order chi connectivity index (χ1) is 13.9. The molecule has 30 heavy (non-hydrogen) atoms. The average Bonchev–Trinajstić information content (AvgIpc) is 2.94. The van der Waals surface area contributed by atoms with Gasteiger partial charge in [-0.25, -0.2) is 0 Å². The van der Waals surface area contributed by atoms with Gasteiger partial charge in [0, 0.05) is 5.41 Å². The van der Waals surface area contributed by atoms with E-state index < -0.39 is 16.6 Å². The highest BCUT2D eigenvalue weighted by atomic mass is 28.4. The van der Waals surface area contributed by atoms with Gasteiger partial charge in [0.15, 0.2) is 5.75 Å². The monoisotopic (exact) mass is 444 g/mol. The molecule has 0 radical (unpaired) electrons. The van der Waals surface area contributed by atoms with Gasteiger partial charge in [-0.3, -0.25) is 0 Å². The normalized spacial score (nSPS) is 30.7. The second-order valence-corrected chi connectivity index (χ2v) is 20.7. The molecule has 0 heterocycles. The maximum Gasteiger partial charge on any atom is 0.242 e. The Balaban J connectivity index is 1.62. The van der Waals surface area contributed by atoms with Gasteiger partial charge < -0.3 is 13.6 Å². The van der Waals surface area contributed by atoms with Crippen molar-refractivity contribution in [2.75, 3.05) is 7.11 Å². The Bertz CT molecular complexity index is 849. The molecule has 0 bridgehead atoms. The Hall–Kier alpha value is -1.21. The lowest BCUT2D eigenvalue weighted by Crippen LogP contribution is -2.43. The quantitative estimate of drug-likeness (QED) is 0.453. The fourth-order valence-electron chi connectivity index (χ4n) is 6.16. The molecule has 3 aliphatic rings. The molecule has 0 spiro atoms. The molecule has 0 amide bonds. The minimum Gasteiger partial charge on any atom is -0.547 e. The summed E-state index contributed by atoms with van der Waals surface area (Å²) in [6.07, 6.45) is 8.52. The summed E-state index contributed by atoms with van der Waals surface area (Å²) in [5, 5.41) is 0. The van der Waals surface area contributed by atoms with Crippen molar-refractivity contribution in [3.63, 3.8) is 0 Å². The van der Waals surface area contributed by atoms with Crippen LogP contribution in [0.4, 0.5) is 0 Å². The van der Waals surface area contributed by atoms with Crippen LogP contribution in [-0.4, -0.2) is 23.7 Å². The minimum atomic E-state index is -1.68. The standard InChI is InChI=1S/C25H40O3Si2/c1-25-14-13-18-19(21(25)11-12-24(25)28-30(6,7)8)10-9-17-15-23(27-29(3,4)5)22(26-2)16-20(17)18/h12,15-16,18-19,21H,9-11,13-14H2,1-8H3/t18?,19?,21?,25-/m0/s1. The fourth-order valence-corrected chi connectivity index (χ4v) is 7.96. The largest absolute Gasteiger partial charge is 0.547 e. The summed E-state index contributed by atoms with van der Waals surface area (Å²) in [7, 11) is -1.48. The number of rotatable bonds is 5. The molecule has 0 aromatic heterocycles. The van der Waals surface area contributed by atoms with Gasteiger partial charge in [0.05, 0.1) is 12.9 Å². The average molecular weight is 445 g/mol. The van der Waals surface area contributed by atoms with E-state index in [0.717, 1.165) is 23.8 Å². The Morgan fingerprint density at radius 3 is 2.27 bits per heavy atom. The minimum absolute atomic E-state index is 0.226. The first kappa shape index (κ1) is 22.0. The number of aryl methyl sites for hydroxylation is 1. The number of methoxy groups -OCH3 is 1. The van der Waals surface area contributed by atoms with Crippen molar-refractivity contribution >= 4 is 16.6 Å². The van der Waals surface area contributed by atoms with Gasteiger partial charge in [0.25, 0.3) is 0 Å². The number of benzene rings is 1. The highest BCUT2D eigenvalue weighted by molar-refractivity contribution is 6.70. The van der Waals surface area contributed by atoms with Gasteiger partial charge in [-0.05, 0) is 118 Å². The number of fused-ring (bicyclic) bond motifs is 5. The summed E-state index contributed by atoms with van der Waals surface area (Å²) in [4.78, 5) is 0. The predicted molar refractivity (Wildman–Crippen MR) is 129 cm³/mol. The lowest BCUT2D eigenvalue weighted by atomic mass is 9.55. The van der Waals surface area contributed by atoms with Crippen molar-refractivity contribution in [1.29, 1.82) is 0 Å². The molecule has 3 nitrogen and oxygen atoms in total. The molecule has 3 aliphatic carbocycles. The third-order valence-electron chi connectivity index (χ3n) is 7.35. The Kier molecular flexibility index (Phi) is 5.46. The van der Waals surface area contributed by atoms with Crippen LogP contribution < -0.4 is 9.16 Å². The van der Waals surface area contributed by atoms with Crippen LogP contribution >= 0.6 is 0 Å². The molecule has 4 rings (SSSR count). The molecular weight excluding hydrogens is 404 g/mol. The van der Waals surface area contributed by atoms with E-state index in [1.165, 1.54) is 42.6 Å².